The van der Waals surface area contributed by atoms with Crippen LogP contribution in [0.2, 0.25) is 0 Å². The fraction of sp³-hybridized carbons (Fsp3) is 0.320. The summed E-state index contributed by atoms with van der Waals surface area (Å²) in [7, 11) is 1.46. The maximum atomic E-state index is 12.5. The molecule has 8 nitrogen and oxygen atoms in total. The first-order chi connectivity index (χ1) is 16.2. The van der Waals surface area contributed by atoms with Crippen molar-refractivity contribution in [2.75, 3.05) is 19.0 Å². The largest absolute Gasteiger partial charge is 0.490 e. The molecule has 0 saturated heterocycles. The van der Waals surface area contributed by atoms with Crippen LogP contribution in [-0.2, 0) is 24.2 Å². The number of carbonyl (C=O) groups is 1. The normalized spacial score (nSPS) is 13.2. The molecule has 9 heteroatoms. The fourth-order valence-corrected chi connectivity index (χ4v) is 4.08. The molecule has 0 bridgehead atoms. The van der Waals surface area contributed by atoms with Crippen LogP contribution in [0.1, 0.15) is 30.5 Å². The van der Waals surface area contributed by atoms with Crippen molar-refractivity contribution >= 4 is 40.3 Å². The first-order valence-corrected chi connectivity index (χ1v) is 12.1. The summed E-state index contributed by atoms with van der Waals surface area (Å²) in [4.78, 5) is 30.9. The number of carbonyl (C=O) groups excluding carboxylic acids is 1. The van der Waals surface area contributed by atoms with Crippen molar-refractivity contribution in [2.24, 2.45) is 0 Å². The molecule has 3 aromatic rings. The summed E-state index contributed by atoms with van der Waals surface area (Å²) < 4.78 is 12.0. The van der Waals surface area contributed by atoms with Crippen LogP contribution in [-0.4, -0.2) is 37.8 Å². The van der Waals surface area contributed by atoms with E-state index < -0.39 is 9.17 Å². The lowest BCUT2D eigenvalue weighted by molar-refractivity contribution is 0.0661. The highest BCUT2D eigenvalue weighted by atomic mass is 127. The van der Waals surface area contributed by atoms with Gasteiger partial charge in [-0.2, -0.15) is 4.98 Å². The van der Waals surface area contributed by atoms with Gasteiger partial charge in [0.1, 0.15) is 0 Å². The number of hydrogen-bond acceptors (Lipinski definition) is 6. The number of amides is 1. The molecular formula is C25H27IN4O4. The molecule has 178 valence electrons. The summed E-state index contributed by atoms with van der Waals surface area (Å²) in [6.07, 6.45) is 2.01. The highest BCUT2D eigenvalue weighted by Gasteiger charge is 2.27. The highest BCUT2D eigenvalue weighted by Crippen LogP contribution is 2.30. The number of rotatable bonds is 6. The zero-order valence-corrected chi connectivity index (χ0v) is 21.5. The number of halogens is 1. The molecule has 34 heavy (non-hydrogen) atoms. The minimum atomic E-state index is -0.568. The first kappa shape index (κ1) is 24.1. The molecule has 0 aliphatic carbocycles. The van der Waals surface area contributed by atoms with Gasteiger partial charge >= 0.3 is 11.7 Å². The van der Waals surface area contributed by atoms with E-state index in [-0.39, 0.29) is 11.8 Å². The number of nitrogens with one attached hydrogen (secondary N) is 1. The summed E-state index contributed by atoms with van der Waals surface area (Å²) in [5, 5.41) is 3.36. The summed E-state index contributed by atoms with van der Waals surface area (Å²) in [6, 6.07) is 15.8. The van der Waals surface area contributed by atoms with E-state index in [4.69, 9.17) is 9.47 Å². The Hall–Kier alpha value is -3.08. The van der Waals surface area contributed by atoms with E-state index in [1.807, 2.05) is 66.9 Å². The first-order valence-electron chi connectivity index (χ1n) is 11.0. The van der Waals surface area contributed by atoms with Crippen molar-refractivity contribution < 1.29 is 14.3 Å². The lowest BCUT2D eigenvalue weighted by Gasteiger charge is -2.31. The van der Waals surface area contributed by atoms with Crippen molar-refractivity contribution in [3.63, 3.8) is 0 Å². The zero-order chi connectivity index (χ0) is 24.3. The van der Waals surface area contributed by atoms with Gasteiger partial charge in [-0.15, -0.1) is 0 Å². The van der Waals surface area contributed by atoms with Crippen molar-refractivity contribution in [3.8, 4) is 5.75 Å². The van der Waals surface area contributed by atoms with Crippen LogP contribution in [0.4, 0.5) is 16.4 Å². The molecule has 1 aliphatic heterocycles. The summed E-state index contributed by atoms with van der Waals surface area (Å²) >= 11 is 2.10. The van der Waals surface area contributed by atoms with Crippen molar-refractivity contribution in [1.82, 2.24) is 14.5 Å². The maximum Gasteiger partial charge on any atom is 0.411 e. The monoisotopic (exact) mass is 574 g/mol. The smallest absolute Gasteiger partial charge is 0.411 e. The number of ether oxygens (including phenoxy) is 2. The third-order valence-corrected chi connectivity index (χ3v) is 5.70. The highest BCUT2D eigenvalue weighted by molar-refractivity contribution is 14.1. The van der Waals surface area contributed by atoms with Crippen LogP contribution >= 0.6 is 22.6 Å². The Morgan fingerprint density at radius 2 is 1.94 bits per heavy atom. The van der Waals surface area contributed by atoms with E-state index >= 15 is 0 Å². The van der Waals surface area contributed by atoms with Gasteiger partial charge in [-0.05, 0) is 65.6 Å². The number of methoxy groups -OCH3 is 1. The maximum absolute atomic E-state index is 12.5. The topological polar surface area (TPSA) is 85.7 Å². The van der Waals surface area contributed by atoms with E-state index in [1.54, 1.807) is 11.1 Å². The minimum Gasteiger partial charge on any atom is -0.490 e. The molecule has 0 atom stereocenters. The molecule has 0 saturated carbocycles. The Morgan fingerprint density at radius 1 is 1.18 bits per heavy atom. The molecule has 0 unspecified atom stereocenters. The minimum absolute atomic E-state index is 0.184. The van der Waals surface area contributed by atoms with Gasteiger partial charge in [0.25, 0.3) is 0 Å². The van der Waals surface area contributed by atoms with Crippen LogP contribution in [0.15, 0.2) is 59.5 Å². The molecule has 1 amide bonds. The molecule has 0 radical (unpaired) electrons. The second-order valence-corrected chi connectivity index (χ2v) is 11.1. The van der Waals surface area contributed by atoms with Crippen LogP contribution in [0, 0.1) is 0 Å². The van der Waals surface area contributed by atoms with E-state index in [1.165, 1.54) is 7.11 Å². The third-order valence-electron chi connectivity index (χ3n) is 5.48. The third kappa shape index (κ3) is 5.69. The molecule has 1 aliphatic rings. The van der Waals surface area contributed by atoms with Crippen molar-refractivity contribution in [3.05, 3.63) is 81.8 Å². The standard InChI is InChI=1S/C25H27IN4O4/c1-25(2,26)34-24(32)29-13-12-19-18(15-29)10-7-11-20(19)27-23-28-22(31)21(33-3)16-30(23)14-17-8-5-4-6-9-17/h4-11,16H,12-15H2,1-3H3,(H,27,28,31). The molecule has 0 spiro atoms. The molecule has 4 rings (SSSR count). The summed E-state index contributed by atoms with van der Waals surface area (Å²) in [5.74, 6) is 0.612. The molecule has 1 aromatic heterocycles. The average Bonchev–Trinajstić information content (AvgIpc) is 2.80. The quantitative estimate of drug-likeness (QED) is 0.339. The second-order valence-electron chi connectivity index (χ2n) is 8.52. The van der Waals surface area contributed by atoms with Gasteiger partial charge in [0, 0.05) is 18.8 Å². The Morgan fingerprint density at radius 3 is 2.65 bits per heavy atom. The predicted octanol–water partition coefficient (Wildman–Crippen LogP) is 4.71. The number of anilines is 2. The van der Waals surface area contributed by atoms with Crippen molar-refractivity contribution in [2.45, 2.75) is 37.0 Å². The van der Waals surface area contributed by atoms with Gasteiger partial charge in [-0.1, -0.05) is 42.5 Å². The molecule has 0 fully saturated rings. The van der Waals surface area contributed by atoms with Gasteiger partial charge in [0.15, 0.2) is 3.61 Å². The fourth-order valence-electron chi connectivity index (χ4n) is 3.89. The van der Waals surface area contributed by atoms with Gasteiger partial charge in [0.2, 0.25) is 11.7 Å². The second kappa shape index (κ2) is 10.0. The number of benzene rings is 2. The SMILES string of the molecule is COc1cn(Cc2ccccc2)c(Nc2cccc3c2CCN(C(=O)OC(C)(C)I)C3)nc1=O. The molecule has 2 aromatic carbocycles. The molecule has 1 N–H and O–H groups in total. The Kier molecular flexibility index (Phi) is 7.11. The zero-order valence-electron chi connectivity index (χ0n) is 19.4. The average molecular weight is 574 g/mol. The number of aromatic nitrogens is 2. The lowest BCUT2D eigenvalue weighted by atomic mass is 9.98. The Bertz CT molecular complexity index is 1240. The summed E-state index contributed by atoms with van der Waals surface area (Å²) in [6.45, 7) is 5.23. The van der Waals surface area contributed by atoms with E-state index in [0.717, 1.165) is 22.4 Å². The Balaban J connectivity index is 1.62. The van der Waals surface area contributed by atoms with Crippen LogP contribution < -0.4 is 15.6 Å². The van der Waals surface area contributed by atoms with Crippen LogP contribution in [0.5, 0.6) is 5.75 Å². The van der Waals surface area contributed by atoms with E-state index in [2.05, 4.69) is 32.9 Å². The number of nitrogens with zero attached hydrogens (tertiary/aromatic N) is 3. The van der Waals surface area contributed by atoms with Gasteiger partial charge in [0.05, 0.1) is 19.9 Å². The Labute approximate surface area is 212 Å². The summed E-state index contributed by atoms with van der Waals surface area (Å²) in [5.41, 5.74) is 3.62. The lowest BCUT2D eigenvalue weighted by Crippen LogP contribution is -2.39. The van der Waals surface area contributed by atoms with E-state index in [0.29, 0.717) is 32.0 Å². The number of alkyl halides is 1. The number of hydrogen-bond donors (Lipinski definition) is 1. The number of fused-ring (bicyclic) bond motifs is 1. The van der Waals surface area contributed by atoms with Crippen LogP contribution in [0.25, 0.3) is 0 Å². The molecule has 2 heterocycles. The molecular weight excluding hydrogens is 547 g/mol. The van der Waals surface area contributed by atoms with E-state index in [9.17, 15) is 9.59 Å². The van der Waals surface area contributed by atoms with Crippen LogP contribution in [0.3, 0.4) is 0 Å². The van der Waals surface area contributed by atoms with Gasteiger partial charge < -0.3 is 24.3 Å². The van der Waals surface area contributed by atoms with Crippen molar-refractivity contribution in [1.29, 1.82) is 0 Å². The van der Waals surface area contributed by atoms with Gasteiger partial charge in [-0.3, -0.25) is 4.79 Å². The van der Waals surface area contributed by atoms with Gasteiger partial charge in [-0.25, -0.2) is 4.79 Å². The predicted molar refractivity (Wildman–Crippen MR) is 139 cm³/mol.